The van der Waals surface area contributed by atoms with Gasteiger partial charge in [-0.05, 0) is 89.0 Å². The van der Waals surface area contributed by atoms with Crippen molar-refractivity contribution in [3.8, 4) is 0 Å². The van der Waals surface area contributed by atoms with Crippen LogP contribution in [0.15, 0.2) is 63.3 Å². The van der Waals surface area contributed by atoms with Crippen LogP contribution in [0.2, 0.25) is 0 Å². The summed E-state index contributed by atoms with van der Waals surface area (Å²) in [6.07, 6.45) is 2.43. The van der Waals surface area contributed by atoms with Crippen LogP contribution >= 0.6 is 11.3 Å². The van der Waals surface area contributed by atoms with Gasteiger partial charge in [0.25, 0.3) is 5.56 Å². The SMILES string of the molecule is CC[C@@H](c1nnnn1Cc1ccco1)N(Cc1cccs1)Cc1cc2cc(C)c(C)cc2[nH]c1=O. The van der Waals surface area contributed by atoms with Crippen molar-refractivity contribution in [2.24, 2.45) is 0 Å². The number of hydrogen-bond donors (Lipinski definition) is 1. The van der Waals surface area contributed by atoms with Gasteiger partial charge in [0, 0.05) is 29.0 Å². The van der Waals surface area contributed by atoms with Crippen LogP contribution in [0.1, 0.15) is 52.5 Å². The lowest BCUT2D eigenvalue weighted by molar-refractivity contribution is 0.162. The van der Waals surface area contributed by atoms with E-state index < -0.39 is 0 Å². The molecule has 0 saturated carbocycles. The van der Waals surface area contributed by atoms with Gasteiger partial charge in [0.2, 0.25) is 0 Å². The molecule has 5 aromatic rings. The quantitative estimate of drug-likeness (QED) is 0.314. The number of pyridine rings is 1. The van der Waals surface area contributed by atoms with Gasteiger partial charge in [-0.3, -0.25) is 9.69 Å². The molecule has 4 aromatic heterocycles. The third-order valence-electron chi connectivity index (χ3n) is 6.42. The Morgan fingerprint density at radius 3 is 2.74 bits per heavy atom. The molecule has 0 saturated heterocycles. The standard InChI is InChI=1S/C26H28N6O2S/c1-4-24(25-28-29-30-32(25)15-21-7-5-9-34-21)31(16-22-8-6-10-35-22)14-20-13-19-11-17(2)18(3)12-23(19)27-26(20)33/h5-13,24H,4,14-16H2,1-3H3,(H,27,33)/t24-/m0/s1. The third kappa shape index (κ3) is 4.96. The number of hydrogen-bond acceptors (Lipinski definition) is 7. The first-order chi connectivity index (χ1) is 17.0. The van der Waals surface area contributed by atoms with Crippen LogP contribution < -0.4 is 5.56 Å². The maximum atomic E-state index is 13.1. The van der Waals surface area contributed by atoms with Crippen molar-refractivity contribution in [2.45, 2.75) is 52.9 Å². The van der Waals surface area contributed by atoms with Crippen molar-refractivity contribution in [1.29, 1.82) is 0 Å². The number of aromatic amines is 1. The van der Waals surface area contributed by atoms with Crippen LogP contribution in [0.25, 0.3) is 10.9 Å². The number of thiophene rings is 1. The van der Waals surface area contributed by atoms with E-state index in [1.807, 2.05) is 30.3 Å². The molecule has 0 fully saturated rings. The topological polar surface area (TPSA) is 92.8 Å². The van der Waals surface area contributed by atoms with Crippen molar-refractivity contribution >= 4 is 22.2 Å². The number of H-pyrrole nitrogens is 1. The van der Waals surface area contributed by atoms with Gasteiger partial charge >= 0.3 is 0 Å². The maximum absolute atomic E-state index is 13.1. The molecule has 1 N–H and O–H groups in total. The average Bonchev–Trinajstić information content (AvgIpc) is 3.61. The molecule has 0 aliphatic carbocycles. The smallest absolute Gasteiger partial charge is 0.252 e. The second-order valence-electron chi connectivity index (χ2n) is 8.83. The Morgan fingerprint density at radius 2 is 2.00 bits per heavy atom. The van der Waals surface area contributed by atoms with Gasteiger partial charge in [-0.1, -0.05) is 13.0 Å². The molecule has 0 amide bonds. The Balaban J connectivity index is 1.52. The van der Waals surface area contributed by atoms with Crippen molar-refractivity contribution in [3.05, 3.63) is 97.6 Å². The summed E-state index contributed by atoms with van der Waals surface area (Å²) < 4.78 is 7.30. The molecule has 0 aliphatic rings. The van der Waals surface area contributed by atoms with Crippen LogP contribution in [-0.2, 0) is 19.6 Å². The number of tetrazole rings is 1. The molecule has 180 valence electrons. The highest BCUT2D eigenvalue weighted by Crippen LogP contribution is 2.28. The Kier molecular flexibility index (Phi) is 6.61. The fourth-order valence-corrected chi connectivity index (χ4v) is 5.18. The highest BCUT2D eigenvalue weighted by atomic mass is 32.1. The van der Waals surface area contributed by atoms with E-state index in [4.69, 9.17) is 4.42 Å². The van der Waals surface area contributed by atoms with Gasteiger partial charge in [-0.2, -0.15) is 0 Å². The molecule has 1 aromatic carbocycles. The second-order valence-corrected chi connectivity index (χ2v) is 9.86. The summed E-state index contributed by atoms with van der Waals surface area (Å²) in [4.78, 5) is 19.7. The first kappa shape index (κ1) is 23.2. The monoisotopic (exact) mass is 488 g/mol. The Morgan fingerprint density at radius 1 is 1.14 bits per heavy atom. The van der Waals surface area contributed by atoms with E-state index in [1.54, 1.807) is 22.3 Å². The number of benzene rings is 1. The summed E-state index contributed by atoms with van der Waals surface area (Å²) in [5.74, 6) is 1.54. The molecular formula is C26H28N6O2S. The zero-order chi connectivity index (χ0) is 24.4. The normalized spacial score (nSPS) is 12.6. The summed E-state index contributed by atoms with van der Waals surface area (Å²) in [5, 5.41) is 15.7. The molecule has 5 rings (SSSR count). The fraction of sp³-hybridized carbons (Fsp3) is 0.308. The number of nitrogens with one attached hydrogen (secondary N) is 1. The highest BCUT2D eigenvalue weighted by molar-refractivity contribution is 7.09. The van der Waals surface area contributed by atoms with Gasteiger partial charge in [-0.15, -0.1) is 16.4 Å². The zero-order valence-corrected chi connectivity index (χ0v) is 20.9. The van der Waals surface area contributed by atoms with E-state index in [2.05, 4.69) is 63.7 Å². The van der Waals surface area contributed by atoms with Crippen molar-refractivity contribution in [1.82, 2.24) is 30.1 Å². The number of aryl methyl sites for hydroxylation is 2. The number of rotatable bonds is 9. The lowest BCUT2D eigenvalue weighted by atomic mass is 10.0. The lowest BCUT2D eigenvalue weighted by Crippen LogP contribution is -2.32. The van der Waals surface area contributed by atoms with Gasteiger partial charge in [0.1, 0.15) is 12.3 Å². The predicted molar refractivity (Wildman–Crippen MR) is 136 cm³/mol. The number of aromatic nitrogens is 5. The first-order valence-electron chi connectivity index (χ1n) is 11.7. The lowest BCUT2D eigenvalue weighted by Gasteiger charge is -2.29. The maximum Gasteiger partial charge on any atom is 0.252 e. The minimum absolute atomic E-state index is 0.0676. The molecule has 35 heavy (non-hydrogen) atoms. The van der Waals surface area contributed by atoms with E-state index in [9.17, 15) is 4.79 Å². The minimum Gasteiger partial charge on any atom is -0.467 e. The summed E-state index contributed by atoms with van der Waals surface area (Å²) in [7, 11) is 0. The van der Waals surface area contributed by atoms with Crippen LogP contribution in [0.5, 0.6) is 0 Å². The van der Waals surface area contributed by atoms with Crippen LogP contribution in [0.3, 0.4) is 0 Å². The molecule has 1 atom stereocenters. The molecule has 0 aliphatic heterocycles. The number of nitrogens with zero attached hydrogens (tertiary/aromatic N) is 5. The predicted octanol–water partition coefficient (Wildman–Crippen LogP) is 4.99. The average molecular weight is 489 g/mol. The van der Waals surface area contributed by atoms with Crippen LogP contribution in [0.4, 0.5) is 0 Å². The molecule has 4 heterocycles. The zero-order valence-electron chi connectivity index (χ0n) is 20.1. The Hall–Kier alpha value is -3.56. The van der Waals surface area contributed by atoms with E-state index in [0.29, 0.717) is 19.6 Å². The van der Waals surface area contributed by atoms with Crippen molar-refractivity contribution in [3.63, 3.8) is 0 Å². The molecule has 8 nitrogen and oxygen atoms in total. The Labute approximate surface area is 207 Å². The van der Waals surface area contributed by atoms with Gasteiger partial charge in [0.05, 0.1) is 12.3 Å². The largest absolute Gasteiger partial charge is 0.467 e. The molecule has 0 radical (unpaired) electrons. The van der Waals surface area contributed by atoms with E-state index in [-0.39, 0.29) is 11.6 Å². The number of fused-ring (bicyclic) bond motifs is 1. The van der Waals surface area contributed by atoms with Gasteiger partial charge < -0.3 is 9.40 Å². The van der Waals surface area contributed by atoms with E-state index in [1.165, 1.54) is 10.4 Å². The second kappa shape index (κ2) is 9.97. The fourth-order valence-electron chi connectivity index (χ4n) is 4.45. The molecular weight excluding hydrogens is 460 g/mol. The third-order valence-corrected chi connectivity index (χ3v) is 7.28. The van der Waals surface area contributed by atoms with Crippen LogP contribution in [-0.4, -0.2) is 30.1 Å². The molecule has 9 heteroatoms. The molecule has 0 spiro atoms. The highest BCUT2D eigenvalue weighted by Gasteiger charge is 2.26. The van der Waals surface area contributed by atoms with Crippen molar-refractivity contribution in [2.75, 3.05) is 0 Å². The summed E-state index contributed by atoms with van der Waals surface area (Å²) in [5.41, 5.74) is 3.88. The summed E-state index contributed by atoms with van der Waals surface area (Å²) >= 11 is 1.70. The minimum atomic E-state index is -0.0862. The summed E-state index contributed by atoms with van der Waals surface area (Å²) in [6.45, 7) is 7.89. The van der Waals surface area contributed by atoms with Crippen LogP contribution in [0, 0.1) is 13.8 Å². The molecule has 0 unspecified atom stereocenters. The first-order valence-corrected chi connectivity index (χ1v) is 12.6. The Bertz CT molecular complexity index is 1470. The van der Waals surface area contributed by atoms with Crippen molar-refractivity contribution < 1.29 is 4.42 Å². The van der Waals surface area contributed by atoms with Gasteiger partial charge in [-0.25, -0.2) is 4.68 Å². The van der Waals surface area contributed by atoms with Gasteiger partial charge in [0.15, 0.2) is 5.82 Å². The molecule has 0 bridgehead atoms. The van der Waals surface area contributed by atoms with E-state index >= 15 is 0 Å². The summed E-state index contributed by atoms with van der Waals surface area (Å²) in [6, 6.07) is 14.0. The number of furan rings is 1. The van der Waals surface area contributed by atoms with E-state index in [0.717, 1.165) is 40.0 Å².